The Morgan fingerprint density at radius 1 is 1.00 bits per heavy atom. The van der Waals surface area contributed by atoms with Crippen molar-refractivity contribution in [3.05, 3.63) is 66.7 Å². The zero-order valence-corrected chi connectivity index (χ0v) is 15.4. The number of nitrogens with one attached hydrogen (secondary N) is 2. The Kier molecular flexibility index (Phi) is 7.80. The van der Waals surface area contributed by atoms with Crippen LogP contribution in [-0.4, -0.2) is 23.6 Å². The molecule has 27 heavy (non-hydrogen) atoms. The maximum absolute atomic E-state index is 11.7. The van der Waals surface area contributed by atoms with Crippen LogP contribution in [0, 0.1) is 0 Å². The number of carbonyl (C=O) groups excluding carboxylic acids is 2. The SMILES string of the molecule is CCOC(=O)C=CC(=O)NC(=S)Nc1ccc(N=Nc2ccccc2)cc1. The minimum atomic E-state index is -0.591. The second kappa shape index (κ2) is 10.6. The number of hydrogen-bond donors (Lipinski definition) is 2. The second-order valence-electron chi connectivity index (χ2n) is 5.11. The lowest BCUT2D eigenvalue weighted by Gasteiger charge is -2.08. The van der Waals surface area contributed by atoms with Crippen molar-refractivity contribution in [1.29, 1.82) is 0 Å². The van der Waals surface area contributed by atoms with E-state index < -0.39 is 11.9 Å². The Hall–Kier alpha value is -3.39. The minimum Gasteiger partial charge on any atom is -0.463 e. The molecule has 0 bridgehead atoms. The van der Waals surface area contributed by atoms with Gasteiger partial charge in [-0.2, -0.15) is 10.2 Å². The third-order valence-electron chi connectivity index (χ3n) is 3.06. The van der Waals surface area contributed by atoms with E-state index in [-0.39, 0.29) is 11.7 Å². The molecule has 0 atom stereocenters. The Morgan fingerprint density at radius 3 is 2.26 bits per heavy atom. The molecule has 2 rings (SSSR count). The zero-order valence-electron chi connectivity index (χ0n) is 14.6. The van der Waals surface area contributed by atoms with E-state index in [2.05, 4.69) is 25.6 Å². The standard InChI is InChI=1S/C19H18N4O3S/c1-2-26-18(25)13-12-17(24)21-19(27)20-14-8-10-16(11-9-14)23-22-15-6-4-3-5-7-15/h3-13H,2H2,1H3,(H2,20,21,24,27). The quantitative estimate of drug-likeness (QED) is 0.340. The molecule has 2 aromatic carbocycles. The summed E-state index contributed by atoms with van der Waals surface area (Å²) in [5.74, 6) is -1.12. The van der Waals surface area contributed by atoms with E-state index >= 15 is 0 Å². The van der Waals surface area contributed by atoms with E-state index in [0.717, 1.165) is 17.8 Å². The molecule has 0 unspecified atom stereocenters. The number of carbonyl (C=O) groups is 2. The molecule has 8 heteroatoms. The van der Waals surface area contributed by atoms with Crippen LogP contribution < -0.4 is 10.6 Å². The van der Waals surface area contributed by atoms with Crippen LogP contribution in [0.15, 0.2) is 77.0 Å². The molecule has 0 saturated heterocycles. The highest BCUT2D eigenvalue weighted by Gasteiger charge is 2.03. The first-order valence-electron chi connectivity index (χ1n) is 8.10. The van der Waals surface area contributed by atoms with Crippen LogP contribution in [0.3, 0.4) is 0 Å². The van der Waals surface area contributed by atoms with Crippen molar-refractivity contribution in [2.45, 2.75) is 6.92 Å². The minimum absolute atomic E-state index is 0.104. The molecule has 0 aliphatic rings. The highest BCUT2D eigenvalue weighted by molar-refractivity contribution is 7.80. The molecule has 0 heterocycles. The highest BCUT2D eigenvalue weighted by Crippen LogP contribution is 2.19. The van der Waals surface area contributed by atoms with Gasteiger partial charge >= 0.3 is 5.97 Å². The van der Waals surface area contributed by atoms with E-state index in [9.17, 15) is 9.59 Å². The largest absolute Gasteiger partial charge is 0.463 e. The number of anilines is 1. The predicted molar refractivity (Wildman–Crippen MR) is 107 cm³/mol. The molecule has 1 amide bonds. The maximum atomic E-state index is 11.7. The Bertz CT molecular complexity index is 849. The molecule has 0 fully saturated rings. The summed E-state index contributed by atoms with van der Waals surface area (Å²) in [7, 11) is 0. The number of thiocarbonyl (C=S) groups is 1. The van der Waals surface area contributed by atoms with E-state index in [0.29, 0.717) is 11.4 Å². The van der Waals surface area contributed by atoms with Gasteiger partial charge in [-0.25, -0.2) is 4.79 Å². The lowest BCUT2D eigenvalue weighted by molar-refractivity contribution is -0.137. The van der Waals surface area contributed by atoms with Gasteiger partial charge in [-0.3, -0.25) is 10.1 Å². The van der Waals surface area contributed by atoms with Crippen molar-refractivity contribution in [3.8, 4) is 0 Å². The van der Waals surface area contributed by atoms with Gasteiger partial charge in [0.25, 0.3) is 0 Å². The Morgan fingerprint density at radius 2 is 1.63 bits per heavy atom. The molecular formula is C19H18N4O3S. The first kappa shape index (κ1) is 19.9. The first-order valence-corrected chi connectivity index (χ1v) is 8.51. The third kappa shape index (κ3) is 7.57. The van der Waals surface area contributed by atoms with Crippen LogP contribution in [0.1, 0.15) is 6.92 Å². The molecular weight excluding hydrogens is 364 g/mol. The Labute approximate surface area is 162 Å². The van der Waals surface area contributed by atoms with Gasteiger partial charge in [0.1, 0.15) is 0 Å². The summed E-state index contributed by atoms with van der Waals surface area (Å²) >= 11 is 5.06. The van der Waals surface area contributed by atoms with Crippen LogP contribution in [0.2, 0.25) is 0 Å². The van der Waals surface area contributed by atoms with Crippen molar-refractivity contribution >= 4 is 46.3 Å². The molecule has 0 aliphatic carbocycles. The molecule has 7 nitrogen and oxygen atoms in total. The van der Waals surface area contributed by atoms with Crippen molar-refractivity contribution in [2.24, 2.45) is 10.2 Å². The lowest BCUT2D eigenvalue weighted by atomic mass is 10.3. The number of nitrogens with zero attached hydrogens (tertiary/aromatic N) is 2. The number of hydrogen-bond acceptors (Lipinski definition) is 6. The lowest BCUT2D eigenvalue weighted by Crippen LogP contribution is -2.32. The molecule has 0 spiro atoms. The van der Waals surface area contributed by atoms with Crippen LogP contribution in [-0.2, 0) is 14.3 Å². The first-order chi connectivity index (χ1) is 13.1. The number of benzene rings is 2. The van der Waals surface area contributed by atoms with Crippen molar-refractivity contribution in [2.75, 3.05) is 11.9 Å². The van der Waals surface area contributed by atoms with Crippen LogP contribution in [0.4, 0.5) is 17.1 Å². The topological polar surface area (TPSA) is 92.2 Å². The summed E-state index contributed by atoms with van der Waals surface area (Å²) in [4.78, 5) is 22.8. The molecule has 138 valence electrons. The summed E-state index contributed by atoms with van der Waals surface area (Å²) in [5, 5.41) is 13.7. The summed E-state index contributed by atoms with van der Waals surface area (Å²) in [6.45, 7) is 1.92. The number of amides is 1. The molecule has 0 saturated carbocycles. The van der Waals surface area contributed by atoms with Gasteiger partial charge in [0, 0.05) is 17.8 Å². The Balaban J connectivity index is 1.85. The average Bonchev–Trinajstić information content (AvgIpc) is 2.67. The number of rotatable bonds is 6. The maximum Gasteiger partial charge on any atom is 0.330 e. The summed E-state index contributed by atoms with van der Waals surface area (Å²) in [5.41, 5.74) is 2.12. The smallest absolute Gasteiger partial charge is 0.330 e. The van der Waals surface area contributed by atoms with Gasteiger partial charge in [-0.05, 0) is 55.5 Å². The van der Waals surface area contributed by atoms with Gasteiger partial charge in [-0.1, -0.05) is 18.2 Å². The molecule has 0 aliphatic heterocycles. The third-order valence-corrected chi connectivity index (χ3v) is 3.26. The van der Waals surface area contributed by atoms with Crippen LogP contribution in [0.5, 0.6) is 0 Å². The second-order valence-corrected chi connectivity index (χ2v) is 5.52. The fourth-order valence-corrected chi connectivity index (χ4v) is 2.09. The van der Waals surface area contributed by atoms with E-state index in [1.165, 1.54) is 0 Å². The summed E-state index contributed by atoms with van der Waals surface area (Å²) in [6, 6.07) is 16.4. The number of esters is 1. The fourth-order valence-electron chi connectivity index (χ4n) is 1.87. The normalized spacial score (nSPS) is 10.7. The summed E-state index contributed by atoms with van der Waals surface area (Å²) < 4.78 is 4.68. The molecule has 0 aromatic heterocycles. The van der Waals surface area contributed by atoms with Crippen LogP contribution in [0.25, 0.3) is 0 Å². The van der Waals surface area contributed by atoms with Gasteiger partial charge < -0.3 is 10.1 Å². The number of azo groups is 1. The summed E-state index contributed by atoms with van der Waals surface area (Å²) in [6.07, 6.45) is 2.09. The molecule has 0 radical (unpaired) electrons. The van der Waals surface area contributed by atoms with Gasteiger partial charge in [-0.15, -0.1) is 0 Å². The van der Waals surface area contributed by atoms with Gasteiger partial charge in [0.15, 0.2) is 5.11 Å². The van der Waals surface area contributed by atoms with Crippen molar-refractivity contribution in [1.82, 2.24) is 5.32 Å². The fraction of sp³-hybridized carbons (Fsp3) is 0.105. The van der Waals surface area contributed by atoms with Crippen molar-refractivity contribution < 1.29 is 14.3 Å². The predicted octanol–water partition coefficient (Wildman–Crippen LogP) is 4.03. The van der Waals surface area contributed by atoms with Crippen molar-refractivity contribution in [3.63, 3.8) is 0 Å². The monoisotopic (exact) mass is 382 g/mol. The van der Waals surface area contributed by atoms with Crippen LogP contribution >= 0.6 is 12.2 Å². The van der Waals surface area contributed by atoms with Gasteiger partial charge in [0.05, 0.1) is 18.0 Å². The van der Waals surface area contributed by atoms with E-state index in [4.69, 9.17) is 12.2 Å². The molecule has 2 N–H and O–H groups in total. The molecule has 2 aromatic rings. The highest BCUT2D eigenvalue weighted by atomic mass is 32.1. The van der Waals surface area contributed by atoms with Gasteiger partial charge in [0.2, 0.25) is 5.91 Å². The van der Waals surface area contributed by atoms with E-state index in [1.54, 1.807) is 31.2 Å². The average molecular weight is 382 g/mol. The van der Waals surface area contributed by atoms with E-state index in [1.807, 2.05) is 30.3 Å². The zero-order chi connectivity index (χ0) is 19.5. The number of ether oxygens (including phenoxy) is 1.